The number of benzene rings is 1. The minimum atomic E-state index is -3.86. The summed E-state index contributed by atoms with van der Waals surface area (Å²) in [4.78, 5) is 0.0501. The second-order valence-electron chi connectivity index (χ2n) is 6.27. The van der Waals surface area contributed by atoms with E-state index in [2.05, 4.69) is 17.9 Å². The van der Waals surface area contributed by atoms with Crippen LogP contribution in [-0.2, 0) is 10.0 Å². The molecule has 0 fully saturated rings. The maximum Gasteiger partial charge on any atom is 0.241 e. The first-order chi connectivity index (χ1) is 11.0. The van der Waals surface area contributed by atoms with Gasteiger partial charge in [-0.25, -0.2) is 13.1 Å². The third-order valence-electron chi connectivity index (χ3n) is 4.35. The first-order valence-corrected chi connectivity index (χ1v) is 9.65. The van der Waals surface area contributed by atoms with Gasteiger partial charge in [0, 0.05) is 5.02 Å². The Bertz CT molecular complexity index is 714. The van der Waals surface area contributed by atoms with Gasteiger partial charge in [-0.2, -0.15) is 0 Å². The molecule has 2 atom stereocenters. The lowest BCUT2D eigenvalue weighted by atomic mass is 9.76. The Kier molecular flexibility index (Phi) is 6.82. The largest absolute Gasteiger partial charge is 0.379 e. The van der Waals surface area contributed by atoms with Gasteiger partial charge in [-0.15, -0.1) is 0 Å². The van der Waals surface area contributed by atoms with Gasteiger partial charge in [-0.1, -0.05) is 51.1 Å². The number of halogens is 1. The second kappa shape index (κ2) is 7.83. The van der Waals surface area contributed by atoms with Crippen LogP contribution in [0.1, 0.15) is 34.1 Å². The number of hydrogen-bond acceptors (Lipinski definition) is 3. The normalized spacial score (nSPS) is 14.9. The summed E-state index contributed by atoms with van der Waals surface area (Å²) < 4.78 is 28.2. The van der Waals surface area contributed by atoms with Crippen molar-refractivity contribution in [1.29, 1.82) is 0 Å². The van der Waals surface area contributed by atoms with E-state index < -0.39 is 21.7 Å². The van der Waals surface area contributed by atoms with Crippen LogP contribution in [0.5, 0.6) is 0 Å². The average Bonchev–Trinajstić information content (AvgIpc) is 2.50. The first kappa shape index (κ1) is 20.9. The summed E-state index contributed by atoms with van der Waals surface area (Å²) in [7, 11) is -3.86. The molecule has 2 N–H and O–H groups in total. The third-order valence-corrected chi connectivity index (χ3v) is 6.03. The van der Waals surface area contributed by atoms with Crippen LogP contribution in [0.25, 0.3) is 0 Å². The fraction of sp³-hybridized carbons (Fsp3) is 0.444. The molecule has 0 aromatic heterocycles. The van der Waals surface area contributed by atoms with Gasteiger partial charge in [-0.3, -0.25) is 0 Å². The highest BCUT2D eigenvalue weighted by Crippen LogP contribution is 2.33. The zero-order valence-electron chi connectivity index (χ0n) is 14.6. The topological polar surface area (TPSA) is 66.4 Å². The van der Waals surface area contributed by atoms with Crippen molar-refractivity contribution >= 4 is 21.6 Å². The van der Waals surface area contributed by atoms with Crippen molar-refractivity contribution in [3.05, 3.63) is 53.6 Å². The van der Waals surface area contributed by atoms with Gasteiger partial charge in [0.15, 0.2) is 0 Å². The van der Waals surface area contributed by atoms with Crippen molar-refractivity contribution in [3.8, 4) is 0 Å². The second-order valence-corrected chi connectivity index (χ2v) is 8.42. The molecule has 0 aliphatic rings. The van der Waals surface area contributed by atoms with Gasteiger partial charge in [0.1, 0.15) is 5.60 Å². The Balaban J connectivity index is 3.38. The molecule has 0 radical (unpaired) electrons. The van der Waals surface area contributed by atoms with Gasteiger partial charge in [0.2, 0.25) is 10.0 Å². The van der Waals surface area contributed by atoms with Crippen molar-refractivity contribution in [1.82, 2.24) is 4.72 Å². The molecule has 24 heavy (non-hydrogen) atoms. The van der Waals surface area contributed by atoms with E-state index >= 15 is 0 Å². The highest BCUT2D eigenvalue weighted by Gasteiger charge is 2.43. The molecular weight excluding hydrogens is 346 g/mol. The Hall–Kier alpha value is -1.14. The molecule has 6 heteroatoms. The molecular formula is C18H26ClNO3S. The van der Waals surface area contributed by atoms with E-state index in [4.69, 9.17) is 11.6 Å². The summed E-state index contributed by atoms with van der Waals surface area (Å²) in [6.07, 6.45) is 0.672. The van der Waals surface area contributed by atoms with Crippen LogP contribution in [0.15, 0.2) is 53.5 Å². The molecule has 0 amide bonds. The fourth-order valence-electron chi connectivity index (χ4n) is 2.61. The zero-order chi connectivity index (χ0) is 18.7. The summed E-state index contributed by atoms with van der Waals surface area (Å²) >= 11 is 5.90. The van der Waals surface area contributed by atoms with Gasteiger partial charge in [-0.05, 0) is 49.1 Å². The van der Waals surface area contributed by atoms with Crippen LogP contribution in [-0.4, -0.2) is 25.2 Å². The highest BCUT2D eigenvalue weighted by molar-refractivity contribution is 7.89. The maximum absolute atomic E-state index is 12.8. The van der Waals surface area contributed by atoms with Gasteiger partial charge < -0.3 is 5.11 Å². The summed E-state index contributed by atoms with van der Waals surface area (Å²) in [5, 5.41) is 11.5. The summed E-state index contributed by atoms with van der Waals surface area (Å²) in [5.74, 6) is -0.141. The van der Waals surface area contributed by atoms with Crippen LogP contribution in [0.4, 0.5) is 0 Å². The Labute approximate surface area is 150 Å². The van der Waals surface area contributed by atoms with Crippen molar-refractivity contribution < 1.29 is 13.5 Å². The van der Waals surface area contributed by atoms with Gasteiger partial charge in [0.25, 0.3) is 0 Å². The molecule has 0 spiro atoms. The van der Waals surface area contributed by atoms with Crippen LogP contribution in [0, 0.1) is 5.92 Å². The van der Waals surface area contributed by atoms with Gasteiger partial charge >= 0.3 is 0 Å². The minimum Gasteiger partial charge on any atom is -0.379 e. The lowest BCUT2D eigenvalue weighted by Crippen LogP contribution is -2.57. The van der Waals surface area contributed by atoms with E-state index in [9.17, 15) is 13.5 Å². The molecule has 0 bridgehead atoms. The van der Waals surface area contributed by atoms with Crippen LogP contribution in [0.2, 0.25) is 5.02 Å². The zero-order valence-corrected chi connectivity index (χ0v) is 16.2. The molecule has 0 unspecified atom stereocenters. The molecule has 0 heterocycles. The molecule has 0 aliphatic heterocycles. The predicted octanol–water partition coefficient (Wildman–Crippen LogP) is 3.92. The molecule has 0 saturated carbocycles. The van der Waals surface area contributed by atoms with Gasteiger partial charge in [0.05, 0.1) is 10.9 Å². The number of aliphatic hydroxyl groups is 1. The Morgan fingerprint density at radius 3 is 2.29 bits per heavy atom. The summed E-state index contributed by atoms with van der Waals surface area (Å²) in [6, 6.07) is 5.21. The Morgan fingerprint density at radius 1 is 1.33 bits per heavy atom. The lowest BCUT2D eigenvalue weighted by molar-refractivity contribution is 0.0592. The SMILES string of the molecule is C=C(C)C(O)(C(=C)C)[C@@H](NS(=O)(=O)c1cccc(Cl)c1)[C@@H](C)CC. The molecule has 134 valence electrons. The number of rotatable bonds is 8. The van der Waals surface area contributed by atoms with E-state index in [1.165, 1.54) is 12.1 Å². The lowest BCUT2D eigenvalue weighted by Gasteiger charge is -2.40. The highest BCUT2D eigenvalue weighted by atomic mass is 35.5. The third kappa shape index (κ3) is 4.28. The quantitative estimate of drug-likeness (QED) is 0.680. The van der Waals surface area contributed by atoms with Crippen LogP contribution < -0.4 is 4.72 Å². The number of sulfonamides is 1. The van der Waals surface area contributed by atoms with Crippen LogP contribution >= 0.6 is 11.6 Å². The number of nitrogens with one attached hydrogen (secondary N) is 1. The smallest absolute Gasteiger partial charge is 0.241 e. The molecule has 0 saturated heterocycles. The predicted molar refractivity (Wildman–Crippen MR) is 99.6 cm³/mol. The summed E-state index contributed by atoms with van der Waals surface area (Å²) in [6.45, 7) is 14.8. The van der Waals surface area contributed by atoms with Crippen molar-refractivity contribution in [2.45, 2.75) is 50.7 Å². The average molecular weight is 372 g/mol. The Morgan fingerprint density at radius 2 is 1.88 bits per heavy atom. The van der Waals surface area contributed by atoms with E-state index in [1.54, 1.807) is 26.0 Å². The fourth-order valence-corrected chi connectivity index (χ4v) is 4.28. The summed E-state index contributed by atoms with van der Waals surface area (Å²) in [5.41, 5.74) is -0.663. The molecule has 4 nitrogen and oxygen atoms in total. The first-order valence-electron chi connectivity index (χ1n) is 7.79. The van der Waals surface area contributed by atoms with Crippen molar-refractivity contribution in [2.24, 2.45) is 5.92 Å². The molecule has 0 aliphatic carbocycles. The minimum absolute atomic E-state index is 0.0501. The van der Waals surface area contributed by atoms with E-state index in [1.807, 2.05) is 13.8 Å². The van der Waals surface area contributed by atoms with Crippen LogP contribution in [0.3, 0.4) is 0 Å². The van der Waals surface area contributed by atoms with Crippen molar-refractivity contribution in [2.75, 3.05) is 0 Å². The monoisotopic (exact) mass is 371 g/mol. The van der Waals surface area contributed by atoms with E-state index in [0.29, 0.717) is 22.6 Å². The number of hydrogen-bond donors (Lipinski definition) is 2. The van der Waals surface area contributed by atoms with Crippen molar-refractivity contribution in [3.63, 3.8) is 0 Å². The maximum atomic E-state index is 12.8. The van der Waals surface area contributed by atoms with E-state index in [0.717, 1.165) is 0 Å². The molecule has 1 rings (SSSR count). The molecule has 1 aromatic rings. The van der Waals surface area contributed by atoms with E-state index in [-0.39, 0.29) is 10.8 Å². The molecule has 1 aromatic carbocycles. The standard InChI is InChI=1S/C18H26ClNO3S/c1-7-14(6)17(18(21,12(2)3)13(4)5)20-24(22,23)16-10-8-9-15(19)11-16/h8-11,14,17,20-21H,2,4,7H2,1,3,5-6H3/t14-,17-/m0/s1.